The smallest absolute Gasteiger partial charge is 0.287 e. The molecular weight excluding hydrogens is 242 g/mol. The summed E-state index contributed by atoms with van der Waals surface area (Å²) in [6.07, 6.45) is 2.57. The summed E-state index contributed by atoms with van der Waals surface area (Å²) in [5, 5.41) is 12.1. The summed E-state index contributed by atoms with van der Waals surface area (Å²) in [5.41, 5.74) is 0.829. The third-order valence-corrected chi connectivity index (χ3v) is 4.01. The maximum atomic E-state index is 12.1. The quantitative estimate of drug-likeness (QED) is 0.798. The molecule has 1 rings (SSSR count). The Labute approximate surface area is 115 Å². The van der Waals surface area contributed by atoms with Gasteiger partial charge >= 0.3 is 0 Å². The van der Waals surface area contributed by atoms with Gasteiger partial charge < -0.3 is 14.8 Å². The van der Waals surface area contributed by atoms with Gasteiger partial charge in [0.05, 0.1) is 0 Å². The zero-order valence-electron chi connectivity index (χ0n) is 12.4. The van der Waals surface area contributed by atoms with Crippen LogP contribution >= 0.6 is 0 Å². The van der Waals surface area contributed by atoms with Crippen molar-refractivity contribution in [3.8, 4) is 0 Å². The number of hydrogen-bond acceptors (Lipinski definition) is 3. The number of carbonyl (C=O) groups excluding carboxylic acids is 1. The molecule has 0 spiro atoms. The van der Waals surface area contributed by atoms with Crippen LogP contribution in [0.25, 0.3) is 0 Å². The van der Waals surface area contributed by atoms with E-state index in [2.05, 4.69) is 19.2 Å². The summed E-state index contributed by atoms with van der Waals surface area (Å²) < 4.78 is 5.41. The molecule has 19 heavy (non-hydrogen) atoms. The molecule has 2 N–H and O–H groups in total. The van der Waals surface area contributed by atoms with E-state index >= 15 is 0 Å². The maximum absolute atomic E-state index is 12.1. The number of aryl methyl sites for hydroxylation is 2. The number of hydrogen-bond donors (Lipinski definition) is 2. The first kappa shape index (κ1) is 15.8. The van der Waals surface area contributed by atoms with Gasteiger partial charge in [-0.3, -0.25) is 4.79 Å². The fourth-order valence-electron chi connectivity index (χ4n) is 2.39. The molecule has 0 saturated heterocycles. The highest BCUT2D eigenvalue weighted by Crippen LogP contribution is 2.29. The van der Waals surface area contributed by atoms with Crippen LogP contribution in [0.5, 0.6) is 0 Å². The Balaban J connectivity index is 2.69. The highest BCUT2D eigenvalue weighted by molar-refractivity contribution is 5.92. The Morgan fingerprint density at radius 1 is 1.37 bits per heavy atom. The van der Waals surface area contributed by atoms with Gasteiger partial charge in [-0.25, -0.2) is 0 Å². The molecule has 0 aliphatic rings. The first-order chi connectivity index (χ1) is 8.98. The number of amides is 1. The van der Waals surface area contributed by atoms with Crippen LogP contribution in [0.1, 0.15) is 55.0 Å². The minimum absolute atomic E-state index is 0.0278. The number of aliphatic hydroxyl groups excluding tert-OH is 1. The van der Waals surface area contributed by atoms with Gasteiger partial charge in [-0.15, -0.1) is 0 Å². The lowest BCUT2D eigenvalue weighted by atomic mass is 9.79. The molecule has 0 atom stereocenters. The second kappa shape index (κ2) is 6.75. The molecule has 4 heteroatoms. The number of aliphatic hydroxyl groups is 1. The molecule has 1 heterocycles. The summed E-state index contributed by atoms with van der Waals surface area (Å²) in [7, 11) is 0. The second-order valence-corrected chi connectivity index (χ2v) is 5.23. The molecule has 0 fully saturated rings. The molecule has 108 valence electrons. The predicted octanol–water partition coefficient (Wildman–Crippen LogP) is 2.82. The normalized spacial score (nSPS) is 11.6. The lowest BCUT2D eigenvalue weighted by Crippen LogP contribution is -2.37. The van der Waals surface area contributed by atoms with Crippen LogP contribution in [-0.4, -0.2) is 24.2 Å². The summed E-state index contributed by atoms with van der Waals surface area (Å²) in [5.74, 6) is 0.965. The zero-order chi connectivity index (χ0) is 14.5. The fourth-order valence-corrected chi connectivity index (χ4v) is 2.39. The molecule has 1 aromatic heterocycles. The number of rotatable bonds is 7. The van der Waals surface area contributed by atoms with E-state index in [4.69, 9.17) is 9.52 Å². The topological polar surface area (TPSA) is 62.5 Å². The second-order valence-electron chi connectivity index (χ2n) is 5.23. The van der Waals surface area contributed by atoms with Crippen LogP contribution in [0.2, 0.25) is 0 Å². The fraction of sp³-hybridized carbons (Fsp3) is 0.667. The number of carbonyl (C=O) groups is 1. The average Bonchev–Trinajstić information content (AvgIpc) is 2.73. The first-order valence-corrected chi connectivity index (χ1v) is 6.94. The van der Waals surface area contributed by atoms with Crippen molar-refractivity contribution >= 4 is 5.91 Å². The average molecular weight is 267 g/mol. The molecule has 1 aromatic rings. The summed E-state index contributed by atoms with van der Waals surface area (Å²) >= 11 is 0. The largest absolute Gasteiger partial charge is 0.456 e. The van der Waals surface area contributed by atoms with E-state index in [9.17, 15) is 4.79 Å². The number of nitrogens with one attached hydrogen (secondary N) is 1. The van der Waals surface area contributed by atoms with Crippen molar-refractivity contribution in [2.75, 3.05) is 13.2 Å². The van der Waals surface area contributed by atoms with E-state index in [0.717, 1.165) is 24.2 Å². The predicted molar refractivity (Wildman–Crippen MR) is 75.2 cm³/mol. The van der Waals surface area contributed by atoms with Crippen LogP contribution in [0.15, 0.2) is 10.5 Å². The highest BCUT2D eigenvalue weighted by atomic mass is 16.3. The molecular formula is C15H25NO3. The lowest BCUT2D eigenvalue weighted by molar-refractivity contribution is 0.0878. The van der Waals surface area contributed by atoms with E-state index in [1.54, 1.807) is 0 Å². The van der Waals surface area contributed by atoms with E-state index in [0.29, 0.717) is 18.7 Å². The van der Waals surface area contributed by atoms with Crippen LogP contribution < -0.4 is 5.32 Å². The van der Waals surface area contributed by atoms with Crippen LogP contribution in [0.4, 0.5) is 0 Å². The van der Waals surface area contributed by atoms with Gasteiger partial charge in [-0.2, -0.15) is 0 Å². The van der Waals surface area contributed by atoms with E-state index in [1.807, 2.05) is 19.9 Å². The Morgan fingerprint density at radius 3 is 2.42 bits per heavy atom. The zero-order valence-corrected chi connectivity index (χ0v) is 12.4. The molecule has 0 aliphatic heterocycles. The van der Waals surface area contributed by atoms with Crippen LogP contribution in [0, 0.1) is 19.3 Å². The lowest BCUT2D eigenvalue weighted by Gasteiger charge is -2.31. The van der Waals surface area contributed by atoms with Gasteiger partial charge in [0.2, 0.25) is 0 Å². The third-order valence-electron chi connectivity index (χ3n) is 4.01. The van der Waals surface area contributed by atoms with Gasteiger partial charge in [0.25, 0.3) is 5.91 Å². The molecule has 4 nitrogen and oxygen atoms in total. The Morgan fingerprint density at radius 2 is 2.00 bits per heavy atom. The Kier molecular flexibility index (Phi) is 5.60. The van der Waals surface area contributed by atoms with Gasteiger partial charge in [0, 0.05) is 18.7 Å². The summed E-state index contributed by atoms with van der Waals surface area (Å²) in [6, 6.07) is 1.86. The van der Waals surface area contributed by atoms with Crippen molar-refractivity contribution in [1.82, 2.24) is 5.32 Å². The molecule has 0 saturated carbocycles. The van der Waals surface area contributed by atoms with Crippen molar-refractivity contribution in [2.45, 2.75) is 47.0 Å². The van der Waals surface area contributed by atoms with Gasteiger partial charge in [0.15, 0.2) is 5.76 Å². The van der Waals surface area contributed by atoms with Crippen molar-refractivity contribution in [1.29, 1.82) is 0 Å². The van der Waals surface area contributed by atoms with E-state index < -0.39 is 0 Å². The van der Waals surface area contributed by atoms with Crippen LogP contribution in [0.3, 0.4) is 0 Å². The molecule has 1 amide bonds. The summed E-state index contributed by atoms with van der Waals surface area (Å²) in [6.45, 7) is 8.60. The van der Waals surface area contributed by atoms with E-state index in [1.165, 1.54) is 0 Å². The Hall–Kier alpha value is -1.29. The minimum atomic E-state index is -0.171. The molecule has 0 radical (unpaired) electrons. The Bertz CT molecular complexity index is 419. The summed E-state index contributed by atoms with van der Waals surface area (Å²) in [4.78, 5) is 12.1. The van der Waals surface area contributed by atoms with Crippen molar-refractivity contribution < 1.29 is 14.3 Å². The minimum Gasteiger partial charge on any atom is -0.456 e. The molecule has 0 aliphatic carbocycles. The van der Waals surface area contributed by atoms with Crippen LogP contribution in [-0.2, 0) is 0 Å². The molecule has 0 unspecified atom stereocenters. The van der Waals surface area contributed by atoms with Crippen molar-refractivity contribution in [3.63, 3.8) is 0 Å². The number of furan rings is 1. The van der Waals surface area contributed by atoms with Gasteiger partial charge in [0.1, 0.15) is 5.76 Å². The van der Waals surface area contributed by atoms with E-state index in [-0.39, 0.29) is 17.9 Å². The van der Waals surface area contributed by atoms with Crippen molar-refractivity contribution in [3.05, 3.63) is 23.2 Å². The molecule has 0 aromatic carbocycles. The molecule has 0 bridgehead atoms. The maximum Gasteiger partial charge on any atom is 0.287 e. The highest BCUT2D eigenvalue weighted by Gasteiger charge is 2.27. The first-order valence-electron chi connectivity index (χ1n) is 6.94. The van der Waals surface area contributed by atoms with Crippen molar-refractivity contribution in [2.24, 2.45) is 5.41 Å². The SMILES string of the molecule is CCC(CC)(CCO)CNC(=O)c1oc(C)cc1C. The standard InChI is InChI=1S/C15H25NO3/c1-5-15(6-2,7-8-17)10-16-14(18)13-11(3)9-12(4)19-13/h9,17H,5-8,10H2,1-4H3,(H,16,18). The van der Waals surface area contributed by atoms with Gasteiger partial charge in [-0.1, -0.05) is 13.8 Å². The monoisotopic (exact) mass is 267 g/mol. The van der Waals surface area contributed by atoms with Gasteiger partial charge in [-0.05, 0) is 44.6 Å². The third kappa shape index (κ3) is 3.83.